The summed E-state index contributed by atoms with van der Waals surface area (Å²) in [7, 11) is -3.30. The smallest absolute Gasteiger partial charge is 0.348 e. The zero-order chi connectivity index (χ0) is 27.7. The van der Waals surface area contributed by atoms with Crippen LogP contribution in [0.1, 0.15) is 59.4 Å². The highest BCUT2D eigenvalue weighted by atomic mass is 32.2. The molecule has 202 valence electrons. The predicted octanol–water partition coefficient (Wildman–Crippen LogP) is 4.98. The van der Waals surface area contributed by atoms with E-state index in [2.05, 4.69) is 15.3 Å². The number of benzene rings is 2. The molecule has 0 radical (unpaired) electrons. The molecule has 0 bridgehead atoms. The van der Waals surface area contributed by atoms with Gasteiger partial charge in [0.15, 0.2) is 9.84 Å². The lowest BCUT2D eigenvalue weighted by Gasteiger charge is -2.37. The van der Waals surface area contributed by atoms with E-state index < -0.39 is 21.7 Å². The third-order valence-corrected chi connectivity index (χ3v) is 8.47. The quantitative estimate of drug-likeness (QED) is 0.450. The van der Waals surface area contributed by atoms with Gasteiger partial charge in [-0.15, -0.1) is 0 Å². The monoisotopic (exact) mass is 546 g/mol. The lowest BCUT2D eigenvalue weighted by Crippen LogP contribution is -2.37. The van der Waals surface area contributed by atoms with Gasteiger partial charge in [-0.05, 0) is 52.9 Å². The molecule has 2 heterocycles. The molecule has 3 aromatic rings. The highest BCUT2D eigenvalue weighted by Crippen LogP contribution is 2.36. The summed E-state index contributed by atoms with van der Waals surface area (Å²) in [5, 5.41) is 2.84. The van der Waals surface area contributed by atoms with E-state index in [9.17, 15) is 26.4 Å². The van der Waals surface area contributed by atoms with Crippen molar-refractivity contribution in [1.82, 2.24) is 15.3 Å². The molecule has 1 aliphatic rings. The molecule has 7 nitrogen and oxygen atoms in total. The van der Waals surface area contributed by atoms with Gasteiger partial charge in [0.2, 0.25) is 5.95 Å². The standard InChI is InChI=1S/C27H29F3N4O3S/c1-4-38(36,37)21-8-5-18(6-9-21)14-32-25(35)19-7-10-22-20(13-19)15-34(16-23(22)17(2)3)26-31-12-11-24(33-26)27(28,29)30/h5-13,17,23H,4,14-16H2,1-3H3,(H,32,35)/t23-/m0/s1. The minimum absolute atomic E-state index is 0.000450. The molecule has 0 fully saturated rings. The number of amides is 1. The first-order valence-electron chi connectivity index (χ1n) is 12.3. The van der Waals surface area contributed by atoms with Gasteiger partial charge >= 0.3 is 6.18 Å². The summed E-state index contributed by atoms with van der Waals surface area (Å²) in [6, 6.07) is 12.6. The minimum Gasteiger partial charge on any atom is -0.348 e. The van der Waals surface area contributed by atoms with E-state index in [0.717, 1.165) is 29.0 Å². The molecule has 1 aliphatic heterocycles. The molecule has 4 rings (SSSR count). The average Bonchev–Trinajstić information content (AvgIpc) is 2.90. The second-order valence-corrected chi connectivity index (χ2v) is 11.9. The van der Waals surface area contributed by atoms with Crippen LogP contribution in [0.3, 0.4) is 0 Å². The molecule has 1 aromatic heterocycles. The van der Waals surface area contributed by atoms with Crippen LogP contribution in [0, 0.1) is 5.92 Å². The Hall–Kier alpha value is -3.47. The maximum absolute atomic E-state index is 13.2. The van der Waals surface area contributed by atoms with Crippen LogP contribution in [-0.4, -0.2) is 36.6 Å². The van der Waals surface area contributed by atoms with Gasteiger partial charge in [-0.1, -0.05) is 39.0 Å². The lowest BCUT2D eigenvalue weighted by atomic mass is 9.82. The summed E-state index contributed by atoms with van der Waals surface area (Å²) in [6.07, 6.45) is -3.46. The van der Waals surface area contributed by atoms with Crippen molar-refractivity contribution in [2.75, 3.05) is 17.2 Å². The van der Waals surface area contributed by atoms with Gasteiger partial charge in [-0.3, -0.25) is 4.79 Å². The summed E-state index contributed by atoms with van der Waals surface area (Å²) in [6.45, 7) is 6.61. The Morgan fingerprint density at radius 2 is 1.84 bits per heavy atom. The lowest BCUT2D eigenvalue weighted by molar-refractivity contribution is -0.141. The maximum atomic E-state index is 13.2. The Labute approximate surface area is 220 Å². The van der Waals surface area contributed by atoms with Gasteiger partial charge in [0.05, 0.1) is 10.6 Å². The van der Waals surface area contributed by atoms with E-state index in [-0.39, 0.29) is 47.4 Å². The molecular formula is C27H29F3N4O3S. The Morgan fingerprint density at radius 1 is 1.13 bits per heavy atom. The normalized spacial score (nSPS) is 15.9. The molecule has 11 heteroatoms. The molecule has 0 saturated carbocycles. The topological polar surface area (TPSA) is 92.3 Å². The molecule has 1 atom stereocenters. The Morgan fingerprint density at radius 3 is 2.47 bits per heavy atom. The van der Waals surface area contributed by atoms with Crippen LogP contribution in [0.5, 0.6) is 0 Å². The predicted molar refractivity (Wildman–Crippen MR) is 137 cm³/mol. The van der Waals surface area contributed by atoms with E-state index >= 15 is 0 Å². The number of alkyl halides is 3. The van der Waals surface area contributed by atoms with Crippen LogP contribution in [-0.2, 0) is 29.1 Å². The van der Waals surface area contributed by atoms with Crippen LogP contribution in [0.2, 0.25) is 0 Å². The number of fused-ring (bicyclic) bond motifs is 1. The van der Waals surface area contributed by atoms with Gasteiger partial charge in [-0.25, -0.2) is 18.4 Å². The highest BCUT2D eigenvalue weighted by Gasteiger charge is 2.35. The molecule has 1 amide bonds. The molecule has 2 aromatic carbocycles. The summed E-state index contributed by atoms with van der Waals surface area (Å²) in [4.78, 5) is 22.7. The van der Waals surface area contributed by atoms with Gasteiger partial charge < -0.3 is 10.2 Å². The zero-order valence-corrected chi connectivity index (χ0v) is 22.1. The van der Waals surface area contributed by atoms with Crippen LogP contribution in [0.25, 0.3) is 0 Å². The van der Waals surface area contributed by atoms with Crippen molar-refractivity contribution in [2.45, 2.75) is 50.9 Å². The van der Waals surface area contributed by atoms with Crippen molar-refractivity contribution >= 4 is 21.7 Å². The van der Waals surface area contributed by atoms with Crippen molar-refractivity contribution in [2.24, 2.45) is 5.92 Å². The summed E-state index contributed by atoms with van der Waals surface area (Å²) in [5.74, 6) is -0.0873. The molecule has 0 saturated heterocycles. The van der Waals surface area contributed by atoms with E-state index in [0.29, 0.717) is 12.1 Å². The number of anilines is 1. The molecule has 38 heavy (non-hydrogen) atoms. The number of hydrogen-bond donors (Lipinski definition) is 1. The number of nitrogens with zero attached hydrogens (tertiary/aromatic N) is 3. The van der Waals surface area contributed by atoms with E-state index in [1.165, 1.54) is 12.1 Å². The van der Waals surface area contributed by atoms with Crippen molar-refractivity contribution < 1.29 is 26.4 Å². The number of sulfone groups is 1. The van der Waals surface area contributed by atoms with Crippen molar-refractivity contribution in [3.63, 3.8) is 0 Å². The maximum Gasteiger partial charge on any atom is 0.433 e. The zero-order valence-electron chi connectivity index (χ0n) is 21.3. The number of nitrogens with one attached hydrogen (secondary N) is 1. The fourth-order valence-electron chi connectivity index (χ4n) is 4.50. The minimum atomic E-state index is -4.57. The highest BCUT2D eigenvalue weighted by molar-refractivity contribution is 7.91. The van der Waals surface area contributed by atoms with Gasteiger partial charge in [0, 0.05) is 37.3 Å². The SMILES string of the molecule is CCS(=O)(=O)c1ccc(CNC(=O)c2ccc3c(c2)CN(c2nccc(C(F)(F)F)n2)C[C@H]3C(C)C)cc1. The summed E-state index contributed by atoms with van der Waals surface area (Å²) < 4.78 is 63.7. The fraction of sp³-hybridized carbons (Fsp3) is 0.370. The second kappa shape index (κ2) is 10.7. The molecule has 1 N–H and O–H groups in total. The summed E-state index contributed by atoms with van der Waals surface area (Å²) in [5.41, 5.74) is 2.05. The van der Waals surface area contributed by atoms with Gasteiger partial charge in [0.1, 0.15) is 5.69 Å². The fourth-order valence-corrected chi connectivity index (χ4v) is 5.38. The number of carbonyl (C=O) groups excluding carboxylic acids is 1. The number of carbonyl (C=O) groups is 1. The first-order chi connectivity index (χ1) is 17.9. The molecule has 0 spiro atoms. The van der Waals surface area contributed by atoms with Crippen LogP contribution in [0.4, 0.5) is 19.1 Å². The Balaban J connectivity index is 1.53. The van der Waals surface area contributed by atoms with Crippen molar-refractivity contribution in [1.29, 1.82) is 0 Å². The van der Waals surface area contributed by atoms with Crippen molar-refractivity contribution in [3.8, 4) is 0 Å². The largest absolute Gasteiger partial charge is 0.433 e. The Bertz CT molecular complexity index is 1420. The second-order valence-electron chi connectivity index (χ2n) is 9.61. The van der Waals surface area contributed by atoms with Crippen molar-refractivity contribution in [3.05, 3.63) is 82.7 Å². The van der Waals surface area contributed by atoms with Crippen LogP contribution in [0.15, 0.2) is 59.6 Å². The average molecular weight is 547 g/mol. The third kappa shape index (κ3) is 5.98. The van der Waals surface area contributed by atoms with Gasteiger partial charge in [0.25, 0.3) is 5.91 Å². The third-order valence-electron chi connectivity index (χ3n) is 6.72. The first kappa shape index (κ1) is 27.6. The van der Waals surface area contributed by atoms with E-state index in [1.54, 1.807) is 36.1 Å². The molecule has 0 aliphatic carbocycles. The molecule has 0 unspecified atom stereocenters. The number of rotatable bonds is 7. The van der Waals surface area contributed by atoms with Crippen LogP contribution < -0.4 is 10.2 Å². The van der Waals surface area contributed by atoms with E-state index in [1.807, 2.05) is 19.9 Å². The number of hydrogen-bond acceptors (Lipinski definition) is 6. The van der Waals surface area contributed by atoms with Gasteiger partial charge in [-0.2, -0.15) is 13.2 Å². The number of halogens is 3. The summed E-state index contributed by atoms with van der Waals surface area (Å²) >= 11 is 0. The van der Waals surface area contributed by atoms with Crippen LogP contribution >= 0.6 is 0 Å². The number of aromatic nitrogens is 2. The first-order valence-corrected chi connectivity index (χ1v) is 13.9. The Kier molecular flexibility index (Phi) is 7.78. The van der Waals surface area contributed by atoms with E-state index in [4.69, 9.17) is 0 Å². The molecular weight excluding hydrogens is 517 g/mol.